The molecule has 0 saturated heterocycles. The van der Waals surface area contributed by atoms with Crippen LogP contribution in [0, 0.1) is 12.7 Å². The minimum atomic E-state index is -0.410. The molecule has 1 heterocycles. The van der Waals surface area contributed by atoms with Crippen molar-refractivity contribution >= 4 is 26.8 Å². The molecule has 4 heteroatoms. The summed E-state index contributed by atoms with van der Waals surface area (Å²) in [6.45, 7) is 3.71. The Kier molecular flexibility index (Phi) is 2.84. The van der Waals surface area contributed by atoms with E-state index in [0.717, 1.165) is 5.69 Å². The number of halogens is 2. The quantitative estimate of drug-likeness (QED) is 0.856. The lowest BCUT2D eigenvalue weighted by atomic mass is 10.1. The Labute approximate surface area is 101 Å². The van der Waals surface area contributed by atoms with Crippen molar-refractivity contribution < 1.29 is 4.39 Å². The van der Waals surface area contributed by atoms with Crippen LogP contribution in [0.3, 0.4) is 0 Å². The highest BCUT2D eigenvalue weighted by Gasteiger charge is 2.11. The van der Waals surface area contributed by atoms with E-state index in [1.54, 1.807) is 13.0 Å². The van der Waals surface area contributed by atoms with E-state index in [9.17, 15) is 9.18 Å². The highest BCUT2D eigenvalue weighted by molar-refractivity contribution is 9.10. The third-order valence-electron chi connectivity index (χ3n) is 2.69. The van der Waals surface area contributed by atoms with Crippen LogP contribution in [0.5, 0.6) is 0 Å². The van der Waals surface area contributed by atoms with Crippen molar-refractivity contribution in [1.29, 1.82) is 0 Å². The van der Waals surface area contributed by atoms with E-state index in [2.05, 4.69) is 20.9 Å². The van der Waals surface area contributed by atoms with Crippen LogP contribution in [0.1, 0.15) is 18.2 Å². The second kappa shape index (κ2) is 4.01. The Bertz CT molecular complexity index is 618. The molecule has 0 fully saturated rings. The van der Waals surface area contributed by atoms with Gasteiger partial charge in [-0.1, -0.05) is 22.9 Å². The van der Waals surface area contributed by atoms with Crippen molar-refractivity contribution in [2.24, 2.45) is 0 Å². The van der Waals surface area contributed by atoms with Gasteiger partial charge in [0.1, 0.15) is 5.82 Å². The summed E-state index contributed by atoms with van der Waals surface area (Å²) in [4.78, 5) is 15.0. The van der Waals surface area contributed by atoms with Crippen molar-refractivity contribution in [3.8, 4) is 0 Å². The van der Waals surface area contributed by atoms with Gasteiger partial charge in [-0.15, -0.1) is 0 Å². The number of aromatic amines is 1. The summed E-state index contributed by atoms with van der Waals surface area (Å²) in [5.74, 6) is -0.410. The van der Waals surface area contributed by atoms with Crippen LogP contribution in [-0.2, 0) is 6.42 Å². The van der Waals surface area contributed by atoms with Gasteiger partial charge in [0.2, 0.25) is 0 Å². The Morgan fingerprint density at radius 2 is 2.12 bits per heavy atom. The number of rotatable bonds is 1. The van der Waals surface area contributed by atoms with Crippen LogP contribution in [0.4, 0.5) is 4.39 Å². The Balaban J connectivity index is 2.99. The van der Waals surface area contributed by atoms with Crippen LogP contribution in [0.15, 0.2) is 21.4 Å². The first-order chi connectivity index (χ1) is 7.54. The molecule has 0 saturated carbocycles. The Morgan fingerprint density at radius 1 is 1.44 bits per heavy atom. The molecule has 2 aromatic rings. The number of nitrogens with one attached hydrogen (secondary N) is 1. The first-order valence-electron chi connectivity index (χ1n) is 5.05. The highest BCUT2D eigenvalue weighted by Crippen LogP contribution is 2.20. The zero-order chi connectivity index (χ0) is 11.9. The summed E-state index contributed by atoms with van der Waals surface area (Å²) in [7, 11) is 0. The SMILES string of the molecule is CCc1c(C)[nH]c2c(F)cc(Br)cc2c1=O. The zero-order valence-corrected chi connectivity index (χ0v) is 10.6. The van der Waals surface area contributed by atoms with Gasteiger partial charge in [-0.3, -0.25) is 4.79 Å². The summed E-state index contributed by atoms with van der Waals surface area (Å²) < 4.78 is 14.2. The standard InChI is InChI=1S/C12H11BrFNO/c1-3-8-6(2)15-11-9(12(8)16)4-7(13)5-10(11)14/h4-5H,3H2,1-2H3,(H,15,16). The number of benzene rings is 1. The minimum Gasteiger partial charge on any atom is -0.356 e. The molecule has 0 amide bonds. The van der Waals surface area contributed by atoms with Crippen LogP contribution in [0.25, 0.3) is 10.9 Å². The Hall–Kier alpha value is -1.16. The summed E-state index contributed by atoms with van der Waals surface area (Å²) in [6.07, 6.45) is 0.644. The van der Waals surface area contributed by atoms with E-state index >= 15 is 0 Å². The molecular weight excluding hydrogens is 273 g/mol. The maximum atomic E-state index is 13.6. The van der Waals surface area contributed by atoms with Crippen LogP contribution < -0.4 is 5.43 Å². The molecule has 0 radical (unpaired) electrons. The van der Waals surface area contributed by atoms with Gasteiger partial charge in [-0.05, 0) is 25.5 Å². The molecule has 1 N–H and O–H groups in total. The van der Waals surface area contributed by atoms with E-state index in [-0.39, 0.29) is 10.9 Å². The van der Waals surface area contributed by atoms with Gasteiger partial charge in [-0.2, -0.15) is 0 Å². The van der Waals surface area contributed by atoms with Crippen molar-refractivity contribution in [1.82, 2.24) is 4.98 Å². The molecule has 2 rings (SSSR count). The van der Waals surface area contributed by atoms with Gasteiger partial charge in [0.25, 0.3) is 0 Å². The summed E-state index contributed by atoms with van der Waals surface area (Å²) in [6, 6.07) is 3.00. The molecule has 2 nitrogen and oxygen atoms in total. The number of fused-ring (bicyclic) bond motifs is 1. The number of H-pyrrole nitrogens is 1. The molecule has 0 atom stereocenters. The highest BCUT2D eigenvalue weighted by atomic mass is 79.9. The van der Waals surface area contributed by atoms with Gasteiger partial charge in [0, 0.05) is 21.1 Å². The fraction of sp³-hybridized carbons (Fsp3) is 0.250. The van der Waals surface area contributed by atoms with Gasteiger partial charge < -0.3 is 4.98 Å². The average Bonchev–Trinajstić information content (AvgIpc) is 2.21. The molecule has 0 bridgehead atoms. The predicted molar refractivity (Wildman–Crippen MR) is 66.3 cm³/mol. The average molecular weight is 284 g/mol. The molecule has 0 aliphatic carbocycles. The van der Waals surface area contributed by atoms with Crippen molar-refractivity contribution in [2.45, 2.75) is 20.3 Å². The molecule has 0 aliphatic rings. The lowest BCUT2D eigenvalue weighted by Crippen LogP contribution is -2.13. The topological polar surface area (TPSA) is 32.9 Å². The van der Waals surface area contributed by atoms with E-state index in [0.29, 0.717) is 21.8 Å². The van der Waals surface area contributed by atoms with Gasteiger partial charge in [0.05, 0.1) is 5.52 Å². The summed E-state index contributed by atoms with van der Waals surface area (Å²) >= 11 is 3.19. The normalized spacial score (nSPS) is 11.0. The smallest absolute Gasteiger partial charge is 0.192 e. The second-order valence-electron chi connectivity index (χ2n) is 3.72. The molecule has 84 valence electrons. The summed E-state index contributed by atoms with van der Waals surface area (Å²) in [5.41, 5.74) is 1.64. The maximum Gasteiger partial charge on any atom is 0.192 e. The molecule has 0 unspecified atom stereocenters. The van der Waals surface area contributed by atoms with Crippen molar-refractivity contribution in [3.05, 3.63) is 43.9 Å². The minimum absolute atomic E-state index is 0.0889. The van der Waals surface area contributed by atoms with Crippen LogP contribution in [0.2, 0.25) is 0 Å². The van der Waals surface area contributed by atoms with E-state index < -0.39 is 5.82 Å². The van der Waals surface area contributed by atoms with E-state index in [1.165, 1.54) is 6.07 Å². The molecule has 1 aromatic carbocycles. The molecule has 0 spiro atoms. The van der Waals surface area contributed by atoms with Crippen LogP contribution in [-0.4, -0.2) is 4.98 Å². The van der Waals surface area contributed by atoms with E-state index in [1.807, 2.05) is 6.92 Å². The number of pyridine rings is 1. The van der Waals surface area contributed by atoms with E-state index in [4.69, 9.17) is 0 Å². The first kappa shape index (κ1) is 11.3. The monoisotopic (exact) mass is 283 g/mol. The Morgan fingerprint density at radius 3 is 2.75 bits per heavy atom. The van der Waals surface area contributed by atoms with Gasteiger partial charge in [0.15, 0.2) is 5.43 Å². The molecule has 16 heavy (non-hydrogen) atoms. The number of hydrogen-bond donors (Lipinski definition) is 1. The van der Waals surface area contributed by atoms with Crippen molar-refractivity contribution in [2.75, 3.05) is 0 Å². The fourth-order valence-corrected chi connectivity index (χ4v) is 2.33. The van der Waals surface area contributed by atoms with Gasteiger partial charge >= 0.3 is 0 Å². The number of aromatic nitrogens is 1. The molecule has 1 aromatic heterocycles. The third-order valence-corrected chi connectivity index (χ3v) is 3.15. The van der Waals surface area contributed by atoms with Crippen molar-refractivity contribution in [3.63, 3.8) is 0 Å². The maximum absolute atomic E-state index is 13.6. The molecular formula is C12H11BrFNO. The lowest BCUT2D eigenvalue weighted by Gasteiger charge is -2.07. The second-order valence-corrected chi connectivity index (χ2v) is 4.64. The molecule has 0 aliphatic heterocycles. The lowest BCUT2D eigenvalue weighted by molar-refractivity contribution is 0.635. The largest absolute Gasteiger partial charge is 0.356 e. The van der Waals surface area contributed by atoms with Gasteiger partial charge in [-0.25, -0.2) is 4.39 Å². The predicted octanol–water partition coefficient (Wildman–Crippen LogP) is 3.30. The number of hydrogen-bond acceptors (Lipinski definition) is 1. The zero-order valence-electron chi connectivity index (χ0n) is 9.03. The van der Waals surface area contributed by atoms with Crippen LogP contribution >= 0.6 is 15.9 Å². The first-order valence-corrected chi connectivity index (χ1v) is 5.84. The summed E-state index contributed by atoms with van der Waals surface area (Å²) in [5, 5.41) is 0.398. The fourth-order valence-electron chi connectivity index (χ4n) is 1.90. The third kappa shape index (κ3) is 1.67. The number of aryl methyl sites for hydroxylation is 1.